The lowest BCUT2D eigenvalue weighted by Crippen LogP contribution is -2.37. The smallest absolute Gasteiger partial charge is 0.217 e. The minimum atomic E-state index is -3.13. The lowest BCUT2D eigenvalue weighted by molar-refractivity contribution is 0.0173. The molecule has 1 spiro atoms. The number of pyridine rings is 1. The van der Waals surface area contributed by atoms with E-state index in [9.17, 15) is 8.42 Å². The minimum absolute atomic E-state index is 0.0787. The minimum Gasteiger partial charge on any atom is -0.371 e. The predicted octanol–water partition coefficient (Wildman–Crippen LogP) is 1.09. The molecular formula is C16H20N4O3S. The monoisotopic (exact) mass is 348 g/mol. The maximum Gasteiger partial charge on any atom is 0.217 e. The molecule has 0 unspecified atom stereocenters. The molecule has 0 radical (unpaired) electrons. The Labute approximate surface area is 141 Å². The summed E-state index contributed by atoms with van der Waals surface area (Å²) in [5.41, 5.74) is -0.0110. The summed E-state index contributed by atoms with van der Waals surface area (Å²) in [5.74, 6) is 0.653. The number of sulfonamides is 1. The van der Waals surface area contributed by atoms with Crippen LogP contribution in [-0.2, 0) is 14.8 Å². The summed E-state index contributed by atoms with van der Waals surface area (Å²) < 4.78 is 32.4. The molecule has 0 bridgehead atoms. The van der Waals surface area contributed by atoms with Crippen molar-refractivity contribution in [3.05, 3.63) is 23.9 Å². The van der Waals surface area contributed by atoms with Crippen LogP contribution in [0.15, 0.2) is 18.2 Å². The summed E-state index contributed by atoms with van der Waals surface area (Å²) in [6, 6.07) is 7.38. The molecular weight excluding hydrogens is 328 g/mol. The van der Waals surface area contributed by atoms with E-state index in [1.807, 2.05) is 12.1 Å². The zero-order valence-corrected chi connectivity index (χ0v) is 14.1. The average molecular weight is 348 g/mol. The van der Waals surface area contributed by atoms with Gasteiger partial charge in [0.1, 0.15) is 17.6 Å². The summed E-state index contributed by atoms with van der Waals surface area (Å²) >= 11 is 0. The number of nitriles is 1. The molecule has 1 aromatic heterocycles. The normalized spacial score (nSPS) is 30.5. The molecule has 128 valence electrons. The molecule has 3 aliphatic rings. The first-order chi connectivity index (χ1) is 11.5. The first-order valence-corrected chi connectivity index (χ1v) is 9.78. The summed E-state index contributed by atoms with van der Waals surface area (Å²) in [6.45, 7) is 1.53. The van der Waals surface area contributed by atoms with Crippen molar-refractivity contribution in [3.63, 3.8) is 0 Å². The molecule has 8 heteroatoms. The van der Waals surface area contributed by atoms with Gasteiger partial charge < -0.3 is 10.1 Å². The fraction of sp³-hybridized carbons (Fsp3) is 0.625. The zero-order chi connectivity index (χ0) is 16.8. The van der Waals surface area contributed by atoms with Crippen molar-refractivity contribution < 1.29 is 13.2 Å². The molecule has 0 amide bonds. The third kappa shape index (κ3) is 2.88. The summed E-state index contributed by atoms with van der Waals surface area (Å²) in [6.07, 6.45) is 3.07. The molecule has 7 nitrogen and oxygen atoms in total. The van der Waals surface area contributed by atoms with Crippen molar-refractivity contribution in [2.75, 3.05) is 25.0 Å². The van der Waals surface area contributed by atoms with E-state index < -0.39 is 10.0 Å². The van der Waals surface area contributed by atoms with E-state index in [-0.39, 0.29) is 16.9 Å². The maximum atomic E-state index is 12.4. The van der Waals surface area contributed by atoms with E-state index in [1.165, 1.54) is 0 Å². The van der Waals surface area contributed by atoms with Crippen LogP contribution < -0.4 is 5.32 Å². The molecule has 1 N–H and O–H groups in total. The van der Waals surface area contributed by atoms with Crippen molar-refractivity contribution in [2.45, 2.75) is 42.6 Å². The van der Waals surface area contributed by atoms with Crippen LogP contribution in [0.3, 0.4) is 0 Å². The topological polar surface area (TPSA) is 95.3 Å². The highest BCUT2D eigenvalue weighted by Gasteiger charge is 2.51. The number of anilines is 1. The quantitative estimate of drug-likeness (QED) is 0.875. The van der Waals surface area contributed by atoms with E-state index in [2.05, 4.69) is 10.3 Å². The zero-order valence-electron chi connectivity index (χ0n) is 13.3. The Balaban J connectivity index is 1.40. The average Bonchev–Trinajstić information content (AvgIpc) is 3.26. The second kappa shape index (κ2) is 5.69. The third-order valence-corrected chi connectivity index (χ3v) is 7.36. The first kappa shape index (κ1) is 15.8. The molecule has 2 aliphatic heterocycles. The largest absolute Gasteiger partial charge is 0.371 e. The number of rotatable bonds is 4. The molecule has 24 heavy (non-hydrogen) atoms. The number of hydrogen-bond acceptors (Lipinski definition) is 6. The molecule has 1 aliphatic carbocycles. The molecule has 1 aromatic rings. The highest BCUT2D eigenvalue weighted by atomic mass is 32.2. The van der Waals surface area contributed by atoms with Crippen LogP contribution >= 0.6 is 0 Å². The fourth-order valence-corrected chi connectivity index (χ4v) is 5.52. The van der Waals surface area contributed by atoms with Gasteiger partial charge in [-0.15, -0.1) is 0 Å². The van der Waals surface area contributed by atoms with Gasteiger partial charge >= 0.3 is 0 Å². The van der Waals surface area contributed by atoms with Crippen molar-refractivity contribution in [2.24, 2.45) is 0 Å². The third-order valence-electron chi connectivity index (χ3n) is 5.01. The number of ether oxygens (including phenoxy) is 1. The summed E-state index contributed by atoms with van der Waals surface area (Å²) in [7, 11) is -3.13. The Kier molecular flexibility index (Phi) is 3.75. The lowest BCUT2D eigenvalue weighted by Gasteiger charge is -2.23. The van der Waals surface area contributed by atoms with Gasteiger partial charge in [0.25, 0.3) is 0 Å². The van der Waals surface area contributed by atoms with Crippen LogP contribution in [0.4, 0.5) is 5.82 Å². The van der Waals surface area contributed by atoms with Crippen molar-refractivity contribution >= 4 is 15.8 Å². The molecule has 3 fully saturated rings. The Bertz CT molecular complexity index is 787. The van der Waals surface area contributed by atoms with Gasteiger partial charge in [-0.1, -0.05) is 6.07 Å². The summed E-state index contributed by atoms with van der Waals surface area (Å²) in [5, 5.41) is 12.1. The number of nitrogens with one attached hydrogen (secondary N) is 1. The van der Waals surface area contributed by atoms with Crippen LogP contribution in [0.5, 0.6) is 0 Å². The van der Waals surface area contributed by atoms with Gasteiger partial charge in [-0.25, -0.2) is 13.4 Å². The maximum absolute atomic E-state index is 12.4. The van der Waals surface area contributed by atoms with Crippen molar-refractivity contribution in [1.82, 2.24) is 9.29 Å². The van der Waals surface area contributed by atoms with E-state index >= 15 is 0 Å². The van der Waals surface area contributed by atoms with E-state index in [1.54, 1.807) is 16.4 Å². The van der Waals surface area contributed by atoms with Gasteiger partial charge in [-0.05, 0) is 31.4 Å². The second-order valence-corrected chi connectivity index (χ2v) is 9.10. The predicted molar refractivity (Wildman–Crippen MR) is 87.8 cm³/mol. The molecule has 3 heterocycles. The van der Waals surface area contributed by atoms with Crippen LogP contribution in [0.1, 0.15) is 31.4 Å². The van der Waals surface area contributed by atoms with Crippen LogP contribution in [0.25, 0.3) is 0 Å². The van der Waals surface area contributed by atoms with Gasteiger partial charge in [0.2, 0.25) is 10.0 Å². The highest BCUT2D eigenvalue weighted by molar-refractivity contribution is 7.90. The van der Waals surface area contributed by atoms with Gasteiger partial charge in [-0.3, -0.25) is 0 Å². The standard InChI is InChI=1S/C16H20N4O3S/c17-9-12-2-1-3-15(18-12)19-13-8-16(23-10-13)6-7-20(11-16)24(21,22)14-4-5-14/h1-3,13-14H,4-8,10-11H2,(H,18,19)/t13-,16-/m1/s1. The van der Waals surface area contributed by atoms with Crippen LogP contribution in [0.2, 0.25) is 0 Å². The molecule has 4 rings (SSSR count). The van der Waals surface area contributed by atoms with E-state index in [4.69, 9.17) is 10.00 Å². The van der Waals surface area contributed by atoms with E-state index in [0.717, 1.165) is 25.7 Å². The van der Waals surface area contributed by atoms with Gasteiger partial charge in [0, 0.05) is 19.5 Å². The molecule has 2 saturated heterocycles. The number of nitrogens with zero attached hydrogens (tertiary/aromatic N) is 3. The van der Waals surface area contributed by atoms with Crippen LogP contribution in [-0.4, -0.2) is 54.3 Å². The Morgan fingerprint density at radius 3 is 3.00 bits per heavy atom. The van der Waals surface area contributed by atoms with Crippen molar-refractivity contribution in [1.29, 1.82) is 5.26 Å². The highest BCUT2D eigenvalue weighted by Crippen LogP contribution is 2.40. The van der Waals surface area contributed by atoms with E-state index in [0.29, 0.717) is 31.2 Å². The van der Waals surface area contributed by atoms with Gasteiger partial charge in [-0.2, -0.15) is 9.57 Å². The van der Waals surface area contributed by atoms with Crippen LogP contribution in [0, 0.1) is 11.3 Å². The second-order valence-electron chi connectivity index (χ2n) is 6.89. The Hall–Kier alpha value is -1.69. The Morgan fingerprint density at radius 1 is 1.42 bits per heavy atom. The molecule has 1 saturated carbocycles. The van der Waals surface area contributed by atoms with Crippen molar-refractivity contribution in [3.8, 4) is 6.07 Å². The van der Waals surface area contributed by atoms with Gasteiger partial charge in [0.05, 0.1) is 23.5 Å². The molecule has 2 atom stereocenters. The lowest BCUT2D eigenvalue weighted by atomic mass is 9.97. The number of hydrogen-bond donors (Lipinski definition) is 1. The fourth-order valence-electron chi connectivity index (χ4n) is 3.61. The summed E-state index contributed by atoms with van der Waals surface area (Å²) in [4.78, 5) is 4.22. The van der Waals surface area contributed by atoms with Gasteiger partial charge in [0.15, 0.2) is 0 Å². The molecule has 0 aromatic carbocycles. The Morgan fingerprint density at radius 2 is 2.25 bits per heavy atom. The SMILES string of the molecule is N#Cc1cccc(N[C@H]2CO[C@]3(CCN(S(=O)(=O)C4CC4)C3)C2)n1. The first-order valence-electron chi connectivity index (χ1n) is 8.27. The number of aromatic nitrogens is 1.